The molecule has 1 aromatic carbocycles. The first kappa shape index (κ1) is 13.1. The van der Waals surface area contributed by atoms with Gasteiger partial charge in [0.25, 0.3) is 0 Å². The summed E-state index contributed by atoms with van der Waals surface area (Å²) in [5.41, 5.74) is 8.32. The Hall–Kier alpha value is -1.29. The molecule has 2 rings (SSSR count). The molecule has 0 aliphatic rings. The highest BCUT2D eigenvalue weighted by atomic mass is 79.9. The van der Waals surface area contributed by atoms with E-state index in [1.54, 1.807) is 0 Å². The lowest BCUT2D eigenvalue weighted by molar-refractivity contribution is 0.464. The van der Waals surface area contributed by atoms with Crippen molar-refractivity contribution in [3.05, 3.63) is 46.1 Å². The van der Waals surface area contributed by atoms with Crippen LogP contribution >= 0.6 is 15.9 Å². The van der Waals surface area contributed by atoms with Gasteiger partial charge in [0, 0.05) is 0 Å². The quantitative estimate of drug-likeness (QED) is 0.935. The molecule has 0 spiro atoms. The monoisotopic (exact) mass is 307 g/mol. The van der Waals surface area contributed by atoms with Gasteiger partial charge in [-0.2, -0.15) is 5.10 Å². The van der Waals surface area contributed by atoms with Crippen LogP contribution in [0, 0.1) is 6.92 Å². The van der Waals surface area contributed by atoms with Crippen molar-refractivity contribution in [2.45, 2.75) is 32.7 Å². The topological polar surface area (TPSA) is 43.8 Å². The normalized spacial score (nSPS) is 12.6. The first-order valence-corrected chi connectivity index (χ1v) is 6.93. The van der Waals surface area contributed by atoms with E-state index in [1.165, 1.54) is 5.56 Å². The maximum atomic E-state index is 6.03. The molecule has 1 aromatic heterocycles. The number of nitrogen functional groups attached to an aromatic ring is 1. The van der Waals surface area contributed by atoms with Crippen LogP contribution in [0.5, 0.6) is 0 Å². The van der Waals surface area contributed by atoms with E-state index in [0.717, 1.165) is 23.0 Å². The SMILES string of the molecule is Cc1nn(C(C)CCc2ccccc2)c(N)c1Br. The minimum absolute atomic E-state index is 0.301. The highest BCUT2D eigenvalue weighted by Gasteiger charge is 2.14. The van der Waals surface area contributed by atoms with Crippen molar-refractivity contribution in [2.24, 2.45) is 0 Å². The number of nitrogens with two attached hydrogens (primary N) is 1. The van der Waals surface area contributed by atoms with E-state index in [2.05, 4.69) is 52.2 Å². The van der Waals surface area contributed by atoms with Gasteiger partial charge < -0.3 is 5.73 Å². The van der Waals surface area contributed by atoms with Gasteiger partial charge in [0.2, 0.25) is 0 Å². The first-order valence-electron chi connectivity index (χ1n) is 6.13. The van der Waals surface area contributed by atoms with Crippen LogP contribution in [-0.2, 0) is 6.42 Å². The summed E-state index contributed by atoms with van der Waals surface area (Å²) in [5, 5.41) is 4.47. The molecule has 2 N–H and O–H groups in total. The van der Waals surface area contributed by atoms with Crippen molar-refractivity contribution >= 4 is 21.7 Å². The fraction of sp³-hybridized carbons (Fsp3) is 0.357. The number of anilines is 1. The van der Waals surface area contributed by atoms with Gasteiger partial charge in [-0.1, -0.05) is 30.3 Å². The molecule has 2 aromatic rings. The van der Waals surface area contributed by atoms with Crippen molar-refractivity contribution in [3.8, 4) is 0 Å². The number of aromatic nitrogens is 2. The van der Waals surface area contributed by atoms with Crippen LogP contribution in [0.15, 0.2) is 34.8 Å². The fourth-order valence-corrected chi connectivity index (χ4v) is 2.28. The molecule has 0 bridgehead atoms. The van der Waals surface area contributed by atoms with Crippen molar-refractivity contribution in [3.63, 3.8) is 0 Å². The lowest BCUT2D eigenvalue weighted by Gasteiger charge is -2.13. The van der Waals surface area contributed by atoms with Gasteiger partial charge in [-0.05, 0) is 48.2 Å². The lowest BCUT2D eigenvalue weighted by atomic mass is 10.1. The molecule has 0 amide bonds. The minimum atomic E-state index is 0.301. The molecule has 4 heteroatoms. The Balaban J connectivity index is 2.04. The summed E-state index contributed by atoms with van der Waals surface area (Å²) in [6.45, 7) is 4.11. The average Bonchev–Trinajstić information content (AvgIpc) is 2.65. The molecule has 0 fully saturated rings. The number of nitrogens with zero attached hydrogens (tertiary/aromatic N) is 2. The highest BCUT2D eigenvalue weighted by molar-refractivity contribution is 9.10. The van der Waals surface area contributed by atoms with E-state index in [1.807, 2.05) is 17.7 Å². The molecule has 0 radical (unpaired) electrons. The van der Waals surface area contributed by atoms with Crippen LogP contribution in [0.4, 0.5) is 5.82 Å². The van der Waals surface area contributed by atoms with Crippen molar-refractivity contribution in [1.82, 2.24) is 9.78 Å². The van der Waals surface area contributed by atoms with Gasteiger partial charge in [0.05, 0.1) is 16.2 Å². The third kappa shape index (κ3) is 2.75. The van der Waals surface area contributed by atoms with Gasteiger partial charge in [-0.25, -0.2) is 4.68 Å². The van der Waals surface area contributed by atoms with Gasteiger partial charge in [0.1, 0.15) is 5.82 Å². The fourth-order valence-electron chi connectivity index (χ4n) is 2.02. The van der Waals surface area contributed by atoms with E-state index in [-0.39, 0.29) is 0 Å². The Morgan fingerprint density at radius 2 is 2.00 bits per heavy atom. The average molecular weight is 308 g/mol. The van der Waals surface area contributed by atoms with Crippen LogP contribution in [0.3, 0.4) is 0 Å². The molecule has 1 unspecified atom stereocenters. The summed E-state index contributed by atoms with van der Waals surface area (Å²) in [6, 6.07) is 10.8. The second kappa shape index (κ2) is 5.57. The third-order valence-corrected chi connectivity index (χ3v) is 4.14. The second-order valence-corrected chi connectivity index (χ2v) is 5.40. The zero-order chi connectivity index (χ0) is 13.1. The summed E-state index contributed by atoms with van der Waals surface area (Å²) in [5.74, 6) is 0.716. The number of hydrogen-bond acceptors (Lipinski definition) is 2. The maximum Gasteiger partial charge on any atom is 0.136 e. The number of benzene rings is 1. The van der Waals surface area contributed by atoms with Crippen LogP contribution in [-0.4, -0.2) is 9.78 Å². The molecule has 0 saturated carbocycles. The molecule has 0 aliphatic heterocycles. The standard InChI is InChI=1S/C14H18BrN3/c1-10(8-9-12-6-4-3-5-7-12)18-14(16)13(15)11(2)17-18/h3-7,10H,8-9,16H2,1-2H3. The summed E-state index contributed by atoms with van der Waals surface area (Å²) in [7, 11) is 0. The summed E-state index contributed by atoms with van der Waals surface area (Å²) < 4.78 is 2.82. The largest absolute Gasteiger partial charge is 0.383 e. The smallest absolute Gasteiger partial charge is 0.136 e. The van der Waals surface area contributed by atoms with Crippen LogP contribution < -0.4 is 5.73 Å². The third-order valence-electron chi connectivity index (χ3n) is 3.16. The Morgan fingerprint density at radius 3 is 2.56 bits per heavy atom. The summed E-state index contributed by atoms with van der Waals surface area (Å²) in [4.78, 5) is 0. The lowest BCUT2D eigenvalue weighted by Crippen LogP contribution is -2.11. The van der Waals surface area contributed by atoms with Crippen LogP contribution in [0.25, 0.3) is 0 Å². The van der Waals surface area contributed by atoms with E-state index in [9.17, 15) is 0 Å². The zero-order valence-corrected chi connectivity index (χ0v) is 12.3. The predicted molar refractivity (Wildman–Crippen MR) is 78.6 cm³/mol. The molecular weight excluding hydrogens is 290 g/mol. The van der Waals surface area contributed by atoms with E-state index < -0.39 is 0 Å². The zero-order valence-electron chi connectivity index (χ0n) is 10.7. The minimum Gasteiger partial charge on any atom is -0.383 e. The first-order chi connectivity index (χ1) is 8.59. The van der Waals surface area contributed by atoms with Crippen molar-refractivity contribution in [1.29, 1.82) is 0 Å². The molecule has 0 aliphatic carbocycles. The number of aryl methyl sites for hydroxylation is 2. The Kier molecular flexibility index (Phi) is 4.07. The second-order valence-electron chi connectivity index (χ2n) is 4.60. The molecule has 3 nitrogen and oxygen atoms in total. The summed E-state index contributed by atoms with van der Waals surface area (Å²) >= 11 is 3.46. The Morgan fingerprint density at radius 1 is 1.33 bits per heavy atom. The van der Waals surface area contributed by atoms with E-state index in [0.29, 0.717) is 11.9 Å². The highest BCUT2D eigenvalue weighted by Crippen LogP contribution is 2.27. The maximum absolute atomic E-state index is 6.03. The molecular formula is C14H18BrN3. The predicted octanol–water partition coefficient (Wildman–Crippen LogP) is 3.73. The van der Waals surface area contributed by atoms with Crippen molar-refractivity contribution < 1.29 is 0 Å². The summed E-state index contributed by atoms with van der Waals surface area (Å²) in [6.07, 6.45) is 2.07. The molecule has 1 atom stereocenters. The number of hydrogen-bond donors (Lipinski definition) is 1. The number of rotatable bonds is 4. The molecule has 18 heavy (non-hydrogen) atoms. The van der Waals surface area contributed by atoms with Gasteiger partial charge in [0.15, 0.2) is 0 Å². The van der Waals surface area contributed by atoms with E-state index in [4.69, 9.17) is 5.73 Å². The van der Waals surface area contributed by atoms with E-state index >= 15 is 0 Å². The van der Waals surface area contributed by atoms with Gasteiger partial charge >= 0.3 is 0 Å². The molecule has 96 valence electrons. The number of halogens is 1. The van der Waals surface area contributed by atoms with Crippen molar-refractivity contribution in [2.75, 3.05) is 5.73 Å². The van der Waals surface area contributed by atoms with Crippen LogP contribution in [0.1, 0.15) is 30.6 Å². The molecule has 0 saturated heterocycles. The molecule has 1 heterocycles. The van der Waals surface area contributed by atoms with Crippen LogP contribution in [0.2, 0.25) is 0 Å². The van der Waals surface area contributed by atoms with Gasteiger partial charge in [-0.3, -0.25) is 0 Å². The Bertz CT molecular complexity index is 519. The Labute approximate surface area is 116 Å². The van der Waals surface area contributed by atoms with Gasteiger partial charge in [-0.15, -0.1) is 0 Å².